The third kappa shape index (κ3) is 2.46. The molecule has 0 bridgehead atoms. The van der Waals surface area contributed by atoms with E-state index in [0.717, 1.165) is 16.5 Å². The predicted octanol–water partition coefficient (Wildman–Crippen LogP) is -10.4. The second kappa shape index (κ2) is 5.89. The lowest BCUT2D eigenvalue weighted by Gasteiger charge is -2.65. The normalized spacial score (nSPS) is 27.0. The number of benzene rings is 1. The van der Waals surface area contributed by atoms with Crippen LogP contribution >= 0.6 is 11.6 Å². The van der Waals surface area contributed by atoms with Gasteiger partial charge in [-0.1, -0.05) is 38.2 Å². The summed E-state index contributed by atoms with van der Waals surface area (Å²) in [6.45, 7) is 0. The highest BCUT2D eigenvalue weighted by atomic mass is 35.5. The second-order valence-corrected chi connectivity index (χ2v) is 10.1. The Morgan fingerprint density at radius 2 is 1.24 bits per heavy atom. The zero-order valence-electron chi connectivity index (χ0n) is 17.6. The van der Waals surface area contributed by atoms with Crippen LogP contribution in [0.1, 0.15) is 12.0 Å². The van der Waals surface area contributed by atoms with Crippen LogP contribution in [0.3, 0.4) is 0 Å². The molecule has 0 heterocycles. The predicted molar refractivity (Wildman–Crippen MR) is 139 cm³/mol. The molecule has 13 heteroatoms. The molecular formula is C12H24B10ClNO. The summed E-state index contributed by atoms with van der Waals surface area (Å²) < 4.78 is 0. The first-order chi connectivity index (χ1) is 11.1. The largest absolute Gasteiger partial charge is 0.316 e. The third-order valence-electron chi connectivity index (χ3n) is 8.29. The van der Waals surface area contributed by atoms with E-state index in [2.05, 4.69) is 62.8 Å². The molecule has 1 atom stereocenters. The Morgan fingerprint density at radius 3 is 1.72 bits per heavy atom. The van der Waals surface area contributed by atoms with Crippen molar-refractivity contribution < 1.29 is 4.79 Å². The van der Waals surface area contributed by atoms with E-state index in [9.17, 15) is 4.79 Å². The molecule has 0 amide bonds. The van der Waals surface area contributed by atoms with E-state index < -0.39 is 10.8 Å². The molecule has 1 unspecified atom stereocenters. The summed E-state index contributed by atoms with van der Waals surface area (Å²) in [5.41, 5.74) is 11.2. The van der Waals surface area contributed by atoms with E-state index in [4.69, 9.17) is 17.3 Å². The number of hydrogen-bond donors (Lipinski definition) is 1. The smallest absolute Gasteiger partial charge is 0.155 e. The second-order valence-electron chi connectivity index (χ2n) is 9.73. The summed E-state index contributed by atoms with van der Waals surface area (Å²) in [4.78, 5) is 13.5. The molecule has 1 aromatic carbocycles. The van der Waals surface area contributed by atoms with E-state index in [-0.39, 0.29) is 16.2 Å². The van der Waals surface area contributed by atoms with E-state index in [1.807, 2.05) is 15.7 Å². The molecule has 2 rings (SSSR count). The summed E-state index contributed by atoms with van der Waals surface area (Å²) in [5, 5.41) is -0.0852. The molecule has 0 spiro atoms. The van der Waals surface area contributed by atoms with Crippen LogP contribution in [0.4, 0.5) is 0 Å². The third-order valence-corrected chi connectivity index (χ3v) is 8.76. The minimum atomic E-state index is -1.10. The molecule has 120 valence electrons. The Morgan fingerprint density at radius 1 is 0.800 bits per heavy atom. The Bertz CT molecular complexity index is 751. The zero-order chi connectivity index (χ0) is 19.7. The number of Topliss-reactive ketones (excluding diaryl/α,β-unsaturated/α-hetero) is 1. The van der Waals surface area contributed by atoms with Crippen LogP contribution in [0.15, 0.2) is 0 Å². The van der Waals surface area contributed by atoms with Crippen LogP contribution in [0, 0.1) is 0 Å². The molecule has 1 aliphatic rings. The summed E-state index contributed by atoms with van der Waals surface area (Å²) in [5.74, 6) is 0.0921. The molecule has 2 N–H and O–H groups in total. The summed E-state index contributed by atoms with van der Waals surface area (Å²) in [6, 6.07) is 0. The molecule has 0 saturated heterocycles. The molecule has 0 radical (unpaired) electrons. The summed E-state index contributed by atoms with van der Waals surface area (Å²) in [6.07, 6.45) is 0.460. The lowest BCUT2D eigenvalue weighted by atomic mass is 9.12. The molecule has 1 fully saturated rings. The van der Waals surface area contributed by atoms with Gasteiger partial charge in [0.15, 0.2) is 5.78 Å². The molecule has 1 aliphatic carbocycles. The van der Waals surface area contributed by atoms with Crippen molar-refractivity contribution in [3.8, 4) is 0 Å². The number of nitrogens with two attached hydrogens (primary N) is 1. The monoisotopic (exact) mass is 343 g/mol. The van der Waals surface area contributed by atoms with Gasteiger partial charge in [-0.3, -0.25) is 4.79 Å². The van der Waals surface area contributed by atoms with Crippen molar-refractivity contribution in [3.63, 3.8) is 0 Å². The van der Waals surface area contributed by atoms with Crippen molar-refractivity contribution in [1.82, 2.24) is 0 Å². The molecule has 0 aromatic heterocycles. The molecule has 1 saturated carbocycles. The van der Waals surface area contributed by atoms with Gasteiger partial charge in [0.05, 0.1) is 36.9 Å². The van der Waals surface area contributed by atoms with Crippen LogP contribution in [-0.2, 0) is 10.3 Å². The minimum absolute atomic E-state index is 0.0921. The SMILES string of the molecule is Bc1c(B)c(B)c(C2(N)C(=O)CC(B)(B)C(B)(B)C2(B)B)c(Cl)c1B. The topological polar surface area (TPSA) is 43.1 Å². The van der Waals surface area contributed by atoms with Crippen LogP contribution in [0.25, 0.3) is 0 Å². The molecule has 2 nitrogen and oxygen atoms in total. The van der Waals surface area contributed by atoms with Gasteiger partial charge in [0.25, 0.3) is 0 Å². The van der Waals surface area contributed by atoms with Crippen LogP contribution in [0.5, 0.6) is 0 Å². The van der Waals surface area contributed by atoms with Crippen LogP contribution in [0.2, 0.25) is 20.7 Å². The van der Waals surface area contributed by atoms with Gasteiger partial charge in [-0.15, -0.1) is 10.9 Å². The van der Waals surface area contributed by atoms with Crippen molar-refractivity contribution in [2.24, 2.45) is 5.73 Å². The lowest BCUT2D eigenvalue weighted by molar-refractivity contribution is -0.127. The van der Waals surface area contributed by atoms with Gasteiger partial charge >= 0.3 is 0 Å². The standard InChI is InChI=1S/C12H24B10ClNO/c13-4-3(8(23)7(16)6(15)5(4)14)10(24)2(25)1-9(17,18)11(19,20)12(10,21)22/h1,13-22,24H2. The minimum Gasteiger partial charge on any atom is -0.316 e. The van der Waals surface area contributed by atoms with Gasteiger partial charge in [0.2, 0.25) is 0 Å². The number of rotatable bonds is 1. The number of carbonyl (C=O) groups excluding carboxylic acids is 1. The lowest BCUT2D eigenvalue weighted by Crippen LogP contribution is -2.69. The highest BCUT2D eigenvalue weighted by Gasteiger charge is 2.64. The van der Waals surface area contributed by atoms with Crippen molar-refractivity contribution in [2.75, 3.05) is 0 Å². The Hall–Kier alpha value is -0.211. The summed E-state index contributed by atoms with van der Waals surface area (Å²) >= 11 is 6.82. The van der Waals surface area contributed by atoms with Gasteiger partial charge in [-0.05, 0) is 12.0 Å². The zero-order valence-corrected chi connectivity index (χ0v) is 18.3. The van der Waals surface area contributed by atoms with E-state index in [1.165, 1.54) is 10.9 Å². The quantitative estimate of drug-likeness (QED) is 0.516. The fraction of sp³-hybridized carbons (Fsp3) is 0.417. The van der Waals surface area contributed by atoms with Crippen molar-refractivity contribution >= 4 is 118 Å². The first-order valence-corrected chi connectivity index (χ1v) is 9.52. The Labute approximate surface area is 166 Å². The van der Waals surface area contributed by atoms with Crippen molar-refractivity contribution in [2.45, 2.75) is 27.6 Å². The van der Waals surface area contributed by atoms with Gasteiger partial charge < -0.3 is 5.73 Å². The molecule has 0 aliphatic heterocycles. The first kappa shape index (κ1) is 21.1. The maximum Gasteiger partial charge on any atom is 0.155 e. The van der Waals surface area contributed by atoms with Gasteiger partial charge in [0.1, 0.15) is 47.1 Å². The molecular weight excluding hydrogens is 318 g/mol. The number of halogens is 1. The fourth-order valence-electron chi connectivity index (χ4n) is 4.64. The summed E-state index contributed by atoms with van der Waals surface area (Å²) in [7, 11) is 21.3. The number of hydrogen-bond acceptors (Lipinski definition) is 2. The van der Waals surface area contributed by atoms with E-state index >= 15 is 0 Å². The average Bonchev–Trinajstić information content (AvgIpc) is 2.48. The fourth-order valence-corrected chi connectivity index (χ4v) is 5.07. The Kier molecular flexibility index (Phi) is 4.97. The van der Waals surface area contributed by atoms with Gasteiger partial charge in [0, 0.05) is 5.02 Å². The van der Waals surface area contributed by atoms with E-state index in [0.29, 0.717) is 11.4 Å². The molecule has 25 heavy (non-hydrogen) atoms. The Balaban J connectivity index is 2.94. The van der Waals surface area contributed by atoms with Crippen molar-refractivity contribution in [3.05, 3.63) is 10.6 Å². The van der Waals surface area contributed by atoms with Gasteiger partial charge in [-0.25, -0.2) is 0 Å². The van der Waals surface area contributed by atoms with Gasteiger partial charge in [-0.2, -0.15) is 0 Å². The maximum atomic E-state index is 13.5. The first-order valence-electron chi connectivity index (χ1n) is 9.14. The average molecular weight is 342 g/mol. The number of ketones is 1. The number of carbonyl (C=O) groups is 1. The van der Waals surface area contributed by atoms with E-state index in [1.54, 1.807) is 0 Å². The van der Waals surface area contributed by atoms with Crippen LogP contribution in [-0.4, -0.2) is 84.2 Å². The van der Waals surface area contributed by atoms with Crippen LogP contribution < -0.4 is 27.6 Å². The maximum absolute atomic E-state index is 13.5. The van der Waals surface area contributed by atoms with Crippen molar-refractivity contribution in [1.29, 1.82) is 0 Å². The highest BCUT2D eigenvalue weighted by molar-refractivity contribution is 6.67. The molecule has 1 aromatic rings. The highest BCUT2D eigenvalue weighted by Crippen LogP contribution is 2.68.